The van der Waals surface area contributed by atoms with Crippen LogP contribution < -0.4 is 4.90 Å². The number of anilines is 1. The van der Waals surface area contributed by atoms with Crippen LogP contribution in [0.25, 0.3) is 6.08 Å². The Bertz CT molecular complexity index is 1130. The molecule has 3 amide bonds. The molecule has 0 radical (unpaired) electrons. The smallest absolute Gasteiger partial charge is 0.282 e. The molecule has 0 atom stereocenters. The highest BCUT2D eigenvalue weighted by atomic mass is 32.2. The summed E-state index contributed by atoms with van der Waals surface area (Å²) in [6.07, 6.45) is 2.88. The largest absolute Gasteiger partial charge is 0.283 e. The molecule has 170 valence electrons. The average Bonchev–Trinajstić information content (AvgIpc) is 3.36. The Hall–Kier alpha value is -3.19. The second-order valence-electron chi connectivity index (χ2n) is 8.55. The molecular weight excluding hydrogens is 434 g/mol. The van der Waals surface area contributed by atoms with E-state index < -0.39 is 0 Å². The molecule has 0 bridgehead atoms. The van der Waals surface area contributed by atoms with Crippen molar-refractivity contribution in [2.24, 2.45) is 4.99 Å². The van der Waals surface area contributed by atoms with Gasteiger partial charge in [0.05, 0.1) is 11.4 Å². The molecule has 33 heavy (non-hydrogen) atoms. The maximum absolute atomic E-state index is 13.3. The first-order chi connectivity index (χ1) is 15.8. The van der Waals surface area contributed by atoms with Crippen LogP contribution in [0.4, 0.5) is 5.69 Å². The molecular formula is C26H27N3O3S. The minimum Gasteiger partial charge on any atom is -0.282 e. The Morgan fingerprint density at radius 1 is 1.09 bits per heavy atom. The number of amides is 3. The van der Waals surface area contributed by atoms with Crippen LogP contribution in [-0.2, 0) is 14.4 Å². The number of thioether (sulfide) groups is 1. The van der Waals surface area contributed by atoms with Crippen molar-refractivity contribution in [2.75, 3.05) is 17.2 Å². The molecule has 2 aromatic carbocycles. The molecule has 2 aromatic rings. The first-order valence-corrected chi connectivity index (χ1v) is 12.1. The van der Waals surface area contributed by atoms with Gasteiger partial charge in [0.2, 0.25) is 11.8 Å². The van der Waals surface area contributed by atoms with Crippen molar-refractivity contribution < 1.29 is 14.4 Å². The van der Waals surface area contributed by atoms with Gasteiger partial charge < -0.3 is 0 Å². The van der Waals surface area contributed by atoms with Gasteiger partial charge in [0, 0.05) is 13.0 Å². The third kappa shape index (κ3) is 5.09. The van der Waals surface area contributed by atoms with E-state index in [9.17, 15) is 14.4 Å². The predicted octanol–water partition coefficient (Wildman–Crippen LogP) is 4.74. The van der Waals surface area contributed by atoms with Gasteiger partial charge >= 0.3 is 0 Å². The summed E-state index contributed by atoms with van der Waals surface area (Å²) in [5.41, 5.74) is 4.21. The van der Waals surface area contributed by atoms with Crippen LogP contribution in [0.3, 0.4) is 0 Å². The number of carbonyl (C=O) groups is 3. The van der Waals surface area contributed by atoms with Crippen LogP contribution in [-0.4, -0.2) is 40.1 Å². The van der Waals surface area contributed by atoms with E-state index in [0.29, 0.717) is 41.9 Å². The molecule has 6 nitrogen and oxygen atoms in total. The number of rotatable bonds is 5. The second-order valence-corrected chi connectivity index (χ2v) is 9.50. The number of aliphatic imine (C=N–C) groups is 1. The van der Waals surface area contributed by atoms with E-state index in [1.54, 1.807) is 6.08 Å². The number of nitrogens with zero attached hydrogens (tertiary/aromatic N) is 3. The minimum absolute atomic E-state index is 0.0522. The van der Waals surface area contributed by atoms with Crippen LogP contribution in [0.5, 0.6) is 0 Å². The number of aryl methyl sites for hydroxylation is 1. The van der Waals surface area contributed by atoms with Gasteiger partial charge in [0.15, 0.2) is 5.17 Å². The lowest BCUT2D eigenvalue weighted by Gasteiger charge is -2.19. The molecule has 2 aliphatic rings. The number of benzene rings is 2. The van der Waals surface area contributed by atoms with Crippen LogP contribution in [0.1, 0.15) is 49.3 Å². The number of likely N-dealkylation sites (tertiary alicyclic amines) is 1. The fourth-order valence-corrected chi connectivity index (χ4v) is 4.65. The Balaban J connectivity index is 1.60. The highest BCUT2D eigenvalue weighted by Crippen LogP contribution is 2.30. The Morgan fingerprint density at radius 2 is 1.79 bits per heavy atom. The summed E-state index contributed by atoms with van der Waals surface area (Å²) in [7, 11) is 0. The molecule has 0 spiro atoms. The molecule has 2 aliphatic heterocycles. The van der Waals surface area contributed by atoms with E-state index in [1.807, 2.05) is 43.3 Å². The molecule has 0 aromatic heterocycles. The Kier molecular flexibility index (Phi) is 6.79. The summed E-state index contributed by atoms with van der Waals surface area (Å²) in [6.45, 7) is 6.72. The lowest BCUT2D eigenvalue weighted by atomic mass is 10.0. The minimum atomic E-state index is -0.247. The van der Waals surface area contributed by atoms with E-state index in [0.717, 1.165) is 11.1 Å². The van der Waals surface area contributed by atoms with Gasteiger partial charge in [-0.3, -0.25) is 24.2 Å². The molecule has 1 saturated heterocycles. The molecule has 0 aliphatic carbocycles. The number of hydrogen-bond acceptors (Lipinski definition) is 5. The molecule has 0 N–H and O–H groups in total. The second kappa shape index (κ2) is 9.75. The fraction of sp³-hybridized carbons (Fsp3) is 0.308. The van der Waals surface area contributed by atoms with Crippen molar-refractivity contribution in [3.63, 3.8) is 0 Å². The standard InChI is InChI=1S/C26H27N3O3S/c1-17(2)20-10-8-19(9-11-20)15-22-25(32)29(21-12-6-18(3)7-13-21)26(27-22)33-16-24(31)28-14-4-5-23(28)30/h6-13,15,17H,4-5,14,16H2,1-3H3/b22-15-. The highest BCUT2D eigenvalue weighted by Gasteiger charge is 2.33. The van der Waals surface area contributed by atoms with Gasteiger partial charge in [0.1, 0.15) is 5.70 Å². The zero-order chi connectivity index (χ0) is 23.5. The molecule has 0 unspecified atom stereocenters. The van der Waals surface area contributed by atoms with E-state index in [2.05, 4.69) is 31.0 Å². The summed E-state index contributed by atoms with van der Waals surface area (Å²) in [6, 6.07) is 15.7. The first-order valence-electron chi connectivity index (χ1n) is 11.1. The van der Waals surface area contributed by atoms with E-state index in [-0.39, 0.29) is 23.5 Å². The van der Waals surface area contributed by atoms with Crippen molar-refractivity contribution in [2.45, 2.75) is 39.5 Å². The molecule has 1 fully saturated rings. The highest BCUT2D eigenvalue weighted by molar-refractivity contribution is 8.14. The van der Waals surface area contributed by atoms with Crippen molar-refractivity contribution >= 4 is 46.4 Å². The lowest BCUT2D eigenvalue weighted by Crippen LogP contribution is -2.35. The average molecular weight is 462 g/mol. The zero-order valence-corrected chi connectivity index (χ0v) is 19.9. The molecule has 7 heteroatoms. The van der Waals surface area contributed by atoms with Crippen molar-refractivity contribution in [3.05, 3.63) is 70.9 Å². The third-order valence-corrected chi connectivity index (χ3v) is 6.65. The maximum Gasteiger partial charge on any atom is 0.283 e. The summed E-state index contributed by atoms with van der Waals surface area (Å²) in [5.74, 6) is -0.137. The van der Waals surface area contributed by atoms with Crippen molar-refractivity contribution in [1.82, 2.24) is 4.90 Å². The van der Waals surface area contributed by atoms with Gasteiger partial charge in [-0.25, -0.2) is 4.99 Å². The van der Waals surface area contributed by atoms with Crippen LogP contribution in [0, 0.1) is 6.92 Å². The maximum atomic E-state index is 13.3. The van der Waals surface area contributed by atoms with Crippen LogP contribution >= 0.6 is 11.8 Å². The van der Waals surface area contributed by atoms with Crippen LogP contribution in [0.2, 0.25) is 0 Å². The predicted molar refractivity (Wildman–Crippen MR) is 133 cm³/mol. The van der Waals surface area contributed by atoms with Crippen molar-refractivity contribution in [1.29, 1.82) is 0 Å². The van der Waals surface area contributed by atoms with E-state index in [4.69, 9.17) is 0 Å². The van der Waals surface area contributed by atoms with Gasteiger partial charge in [-0.05, 0) is 48.6 Å². The number of amidine groups is 1. The number of hydrogen-bond donors (Lipinski definition) is 0. The van der Waals surface area contributed by atoms with E-state index in [1.165, 1.54) is 27.1 Å². The van der Waals surface area contributed by atoms with Gasteiger partial charge in [-0.15, -0.1) is 0 Å². The number of carbonyl (C=O) groups excluding carboxylic acids is 3. The fourth-order valence-electron chi connectivity index (χ4n) is 3.77. The SMILES string of the molecule is Cc1ccc(N2C(=O)/C(=C/c3ccc(C(C)C)cc3)N=C2SCC(=O)N2CCCC2=O)cc1. The number of imide groups is 1. The van der Waals surface area contributed by atoms with Crippen LogP contribution in [0.15, 0.2) is 59.2 Å². The summed E-state index contributed by atoms with van der Waals surface area (Å²) >= 11 is 1.18. The molecule has 2 heterocycles. The summed E-state index contributed by atoms with van der Waals surface area (Å²) < 4.78 is 0. The lowest BCUT2D eigenvalue weighted by molar-refractivity contribution is -0.140. The normalized spacial score (nSPS) is 17.5. The van der Waals surface area contributed by atoms with Gasteiger partial charge in [-0.1, -0.05) is 67.6 Å². The zero-order valence-electron chi connectivity index (χ0n) is 19.1. The Labute approximate surface area is 198 Å². The van der Waals surface area contributed by atoms with Crippen molar-refractivity contribution in [3.8, 4) is 0 Å². The molecule has 0 saturated carbocycles. The summed E-state index contributed by atoms with van der Waals surface area (Å²) in [4.78, 5) is 45.2. The third-order valence-electron chi connectivity index (χ3n) is 5.73. The molecule has 4 rings (SSSR count). The summed E-state index contributed by atoms with van der Waals surface area (Å²) in [5, 5.41) is 0.439. The quantitative estimate of drug-likeness (QED) is 0.603. The monoisotopic (exact) mass is 461 g/mol. The topological polar surface area (TPSA) is 70.1 Å². The first kappa shape index (κ1) is 23.0. The van der Waals surface area contributed by atoms with Gasteiger partial charge in [0.25, 0.3) is 5.91 Å². The Morgan fingerprint density at radius 3 is 2.39 bits per heavy atom. The van der Waals surface area contributed by atoms with Gasteiger partial charge in [-0.2, -0.15) is 0 Å². The van der Waals surface area contributed by atoms with E-state index >= 15 is 0 Å².